The van der Waals surface area contributed by atoms with Crippen LogP contribution in [0.5, 0.6) is 0 Å². The minimum atomic E-state index is 0.490. The van der Waals surface area contributed by atoms with E-state index in [-0.39, 0.29) is 0 Å². The summed E-state index contributed by atoms with van der Waals surface area (Å²) in [6, 6.07) is 4.14. The van der Waals surface area contributed by atoms with Gasteiger partial charge in [0.1, 0.15) is 5.69 Å². The molecule has 0 bridgehead atoms. The van der Waals surface area contributed by atoms with Crippen LogP contribution in [0.15, 0.2) is 18.3 Å². The minimum absolute atomic E-state index is 0.490. The lowest BCUT2D eigenvalue weighted by atomic mass is 10.1. The van der Waals surface area contributed by atoms with Crippen molar-refractivity contribution < 1.29 is 0 Å². The molecule has 0 radical (unpaired) electrons. The average molecular weight is 305 g/mol. The van der Waals surface area contributed by atoms with Crippen LogP contribution in [-0.2, 0) is 6.42 Å². The summed E-state index contributed by atoms with van der Waals surface area (Å²) in [6.45, 7) is 9.27. The Labute approximate surface area is 131 Å². The standard InChI is InChI=1S/C16H21ClN4/c1-10(2)18-8-7-14-11(3)20-16(21-12(14)4)15-6-5-13(17)9-19-15/h5-6,9-10,18H,7-8H2,1-4H3. The van der Waals surface area contributed by atoms with Crippen molar-refractivity contribution in [2.75, 3.05) is 6.54 Å². The molecule has 0 amide bonds. The molecule has 0 fully saturated rings. The molecule has 2 aromatic rings. The number of pyridine rings is 1. The predicted molar refractivity (Wildman–Crippen MR) is 86.6 cm³/mol. The molecule has 0 aliphatic carbocycles. The number of rotatable bonds is 5. The second kappa shape index (κ2) is 6.96. The summed E-state index contributed by atoms with van der Waals surface area (Å²) in [5.74, 6) is 0.655. The van der Waals surface area contributed by atoms with Crippen LogP contribution >= 0.6 is 11.6 Å². The van der Waals surface area contributed by atoms with Gasteiger partial charge in [0.2, 0.25) is 0 Å². The Hall–Kier alpha value is -1.52. The molecule has 1 N–H and O–H groups in total. The Balaban J connectivity index is 2.22. The van der Waals surface area contributed by atoms with Crippen LogP contribution in [-0.4, -0.2) is 27.5 Å². The normalized spacial score (nSPS) is 11.1. The fraction of sp³-hybridized carbons (Fsp3) is 0.438. The molecule has 5 heteroatoms. The zero-order chi connectivity index (χ0) is 15.4. The van der Waals surface area contributed by atoms with Crippen molar-refractivity contribution in [1.29, 1.82) is 0 Å². The van der Waals surface area contributed by atoms with Gasteiger partial charge in [-0.05, 0) is 44.5 Å². The summed E-state index contributed by atoms with van der Waals surface area (Å²) in [4.78, 5) is 13.5. The molecule has 2 heterocycles. The highest BCUT2D eigenvalue weighted by Gasteiger charge is 2.10. The number of hydrogen-bond acceptors (Lipinski definition) is 4. The third-order valence-electron chi connectivity index (χ3n) is 3.30. The molecule has 0 aliphatic rings. The summed E-state index contributed by atoms with van der Waals surface area (Å²) in [5, 5.41) is 4.03. The van der Waals surface area contributed by atoms with E-state index in [1.807, 2.05) is 19.9 Å². The smallest absolute Gasteiger partial charge is 0.178 e. The van der Waals surface area contributed by atoms with Gasteiger partial charge in [0.15, 0.2) is 5.82 Å². The van der Waals surface area contributed by atoms with Crippen LogP contribution in [0.2, 0.25) is 5.02 Å². The quantitative estimate of drug-likeness (QED) is 0.920. The Bertz CT molecular complexity index is 585. The highest BCUT2D eigenvalue weighted by Crippen LogP contribution is 2.18. The second-order valence-electron chi connectivity index (χ2n) is 5.42. The van der Waals surface area contributed by atoms with Gasteiger partial charge in [-0.15, -0.1) is 0 Å². The van der Waals surface area contributed by atoms with Gasteiger partial charge in [-0.3, -0.25) is 4.98 Å². The van der Waals surface area contributed by atoms with Crippen LogP contribution in [0, 0.1) is 13.8 Å². The molecule has 2 rings (SSSR count). The summed E-state index contributed by atoms with van der Waals surface area (Å²) in [6.07, 6.45) is 2.55. The first-order chi connectivity index (χ1) is 9.97. The third kappa shape index (κ3) is 4.22. The second-order valence-corrected chi connectivity index (χ2v) is 5.85. The molecule has 0 atom stereocenters. The van der Waals surface area contributed by atoms with Crippen molar-refractivity contribution in [3.63, 3.8) is 0 Å². The van der Waals surface area contributed by atoms with E-state index in [4.69, 9.17) is 11.6 Å². The molecular formula is C16H21ClN4. The van der Waals surface area contributed by atoms with Crippen molar-refractivity contribution >= 4 is 11.6 Å². The van der Waals surface area contributed by atoms with Gasteiger partial charge in [-0.25, -0.2) is 9.97 Å². The lowest BCUT2D eigenvalue weighted by molar-refractivity contribution is 0.588. The number of aromatic nitrogens is 3. The van der Waals surface area contributed by atoms with E-state index in [0.29, 0.717) is 16.9 Å². The summed E-state index contributed by atoms with van der Waals surface area (Å²) < 4.78 is 0. The number of nitrogens with zero attached hydrogens (tertiary/aromatic N) is 3. The Morgan fingerprint density at radius 2 is 1.81 bits per heavy atom. The average Bonchev–Trinajstić information content (AvgIpc) is 2.42. The summed E-state index contributed by atoms with van der Waals surface area (Å²) in [5.41, 5.74) is 3.98. The molecule has 0 saturated carbocycles. The molecule has 0 aliphatic heterocycles. The van der Waals surface area contributed by atoms with Crippen molar-refractivity contribution in [3.8, 4) is 11.5 Å². The zero-order valence-electron chi connectivity index (χ0n) is 12.9. The molecule has 0 unspecified atom stereocenters. The van der Waals surface area contributed by atoms with Crippen LogP contribution in [0.4, 0.5) is 0 Å². The zero-order valence-corrected chi connectivity index (χ0v) is 13.7. The first kappa shape index (κ1) is 15.9. The molecule has 2 aromatic heterocycles. The number of hydrogen-bond donors (Lipinski definition) is 1. The van der Waals surface area contributed by atoms with Crippen molar-refractivity contribution in [3.05, 3.63) is 40.3 Å². The summed E-state index contributed by atoms with van der Waals surface area (Å²) >= 11 is 5.86. The van der Waals surface area contributed by atoms with Gasteiger partial charge in [0, 0.05) is 23.6 Å². The number of halogens is 1. The Morgan fingerprint density at radius 1 is 1.14 bits per heavy atom. The van der Waals surface area contributed by atoms with Crippen LogP contribution in [0.1, 0.15) is 30.8 Å². The van der Waals surface area contributed by atoms with Gasteiger partial charge < -0.3 is 5.32 Å². The van der Waals surface area contributed by atoms with Crippen molar-refractivity contribution in [2.45, 2.75) is 40.2 Å². The maximum absolute atomic E-state index is 5.86. The summed E-state index contributed by atoms with van der Waals surface area (Å²) in [7, 11) is 0. The van der Waals surface area contributed by atoms with E-state index >= 15 is 0 Å². The van der Waals surface area contributed by atoms with Crippen LogP contribution in [0.25, 0.3) is 11.5 Å². The first-order valence-electron chi connectivity index (χ1n) is 7.17. The maximum atomic E-state index is 5.86. The van der Waals surface area contributed by atoms with E-state index < -0.39 is 0 Å². The van der Waals surface area contributed by atoms with E-state index in [2.05, 4.69) is 34.1 Å². The Morgan fingerprint density at radius 3 is 2.33 bits per heavy atom. The van der Waals surface area contributed by atoms with Crippen LogP contribution < -0.4 is 5.32 Å². The SMILES string of the molecule is Cc1nc(-c2ccc(Cl)cn2)nc(C)c1CCNC(C)C. The van der Waals surface area contributed by atoms with Gasteiger partial charge in [-0.2, -0.15) is 0 Å². The molecule has 4 nitrogen and oxygen atoms in total. The van der Waals surface area contributed by atoms with Crippen LogP contribution in [0.3, 0.4) is 0 Å². The molecule has 0 saturated heterocycles. The molecule has 0 aromatic carbocycles. The fourth-order valence-electron chi connectivity index (χ4n) is 2.21. The first-order valence-corrected chi connectivity index (χ1v) is 7.54. The minimum Gasteiger partial charge on any atom is -0.314 e. The third-order valence-corrected chi connectivity index (χ3v) is 3.53. The predicted octanol–water partition coefficient (Wildman–Crippen LogP) is 3.35. The van der Waals surface area contributed by atoms with Gasteiger partial charge in [0.25, 0.3) is 0 Å². The lowest BCUT2D eigenvalue weighted by Gasteiger charge is -2.12. The lowest BCUT2D eigenvalue weighted by Crippen LogP contribution is -2.25. The molecule has 21 heavy (non-hydrogen) atoms. The number of aryl methyl sites for hydroxylation is 2. The molecule has 0 spiro atoms. The van der Waals surface area contributed by atoms with E-state index in [9.17, 15) is 0 Å². The highest BCUT2D eigenvalue weighted by atomic mass is 35.5. The number of nitrogens with one attached hydrogen (secondary N) is 1. The van der Waals surface area contributed by atoms with Crippen molar-refractivity contribution in [1.82, 2.24) is 20.3 Å². The molecular weight excluding hydrogens is 284 g/mol. The van der Waals surface area contributed by atoms with Gasteiger partial charge in [0.05, 0.1) is 5.02 Å². The van der Waals surface area contributed by atoms with Gasteiger partial charge in [-0.1, -0.05) is 25.4 Å². The Kier molecular flexibility index (Phi) is 5.26. The van der Waals surface area contributed by atoms with E-state index in [1.165, 1.54) is 5.56 Å². The fourth-order valence-corrected chi connectivity index (χ4v) is 2.32. The van der Waals surface area contributed by atoms with Gasteiger partial charge >= 0.3 is 0 Å². The molecule has 112 valence electrons. The highest BCUT2D eigenvalue weighted by molar-refractivity contribution is 6.30. The maximum Gasteiger partial charge on any atom is 0.178 e. The van der Waals surface area contributed by atoms with E-state index in [1.54, 1.807) is 12.3 Å². The van der Waals surface area contributed by atoms with E-state index in [0.717, 1.165) is 30.0 Å². The largest absolute Gasteiger partial charge is 0.314 e. The topological polar surface area (TPSA) is 50.7 Å². The van der Waals surface area contributed by atoms with Crippen molar-refractivity contribution in [2.24, 2.45) is 0 Å². The monoisotopic (exact) mass is 304 g/mol.